The van der Waals surface area contributed by atoms with Crippen molar-refractivity contribution < 1.29 is 23.8 Å². The molecule has 1 fully saturated rings. The van der Waals surface area contributed by atoms with Gasteiger partial charge in [0, 0.05) is 31.2 Å². The highest BCUT2D eigenvalue weighted by Gasteiger charge is 2.27. The largest absolute Gasteiger partial charge is 0.470 e. The SMILES string of the molecule is CC(C)(C)OC(=O)Nc1ncc(N2CCN(C(=O)OC(C)(C)C)CC2)nc1OCc1cccc(Cl)c1. The van der Waals surface area contributed by atoms with Crippen LogP contribution in [0.2, 0.25) is 5.02 Å². The van der Waals surface area contributed by atoms with Gasteiger partial charge in [-0.15, -0.1) is 0 Å². The molecule has 11 heteroatoms. The third-order valence-electron chi connectivity index (χ3n) is 4.87. The molecular weight excluding hydrogens is 486 g/mol. The second-order valence-electron chi connectivity index (χ2n) is 10.4. The number of piperazine rings is 1. The molecule has 0 unspecified atom stereocenters. The summed E-state index contributed by atoms with van der Waals surface area (Å²) in [5, 5.41) is 3.20. The van der Waals surface area contributed by atoms with E-state index in [1.165, 1.54) is 0 Å². The summed E-state index contributed by atoms with van der Waals surface area (Å²) >= 11 is 6.08. The number of amides is 2. The first-order valence-electron chi connectivity index (χ1n) is 11.8. The van der Waals surface area contributed by atoms with Gasteiger partial charge in [-0.05, 0) is 59.2 Å². The number of halogens is 1. The number of hydrogen-bond donors (Lipinski definition) is 1. The molecular formula is C25H34ClN5O5. The number of nitrogens with zero attached hydrogens (tertiary/aromatic N) is 4. The number of nitrogens with one attached hydrogen (secondary N) is 1. The molecule has 2 aromatic rings. The summed E-state index contributed by atoms with van der Waals surface area (Å²) in [4.78, 5) is 37.4. The number of aromatic nitrogens is 2. The van der Waals surface area contributed by atoms with Gasteiger partial charge in [-0.3, -0.25) is 5.32 Å². The van der Waals surface area contributed by atoms with Gasteiger partial charge in [0.15, 0.2) is 11.6 Å². The van der Waals surface area contributed by atoms with E-state index in [2.05, 4.69) is 15.3 Å². The van der Waals surface area contributed by atoms with Gasteiger partial charge in [-0.2, -0.15) is 4.98 Å². The molecule has 1 N–H and O–H groups in total. The highest BCUT2D eigenvalue weighted by atomic mass is 35.5. The van der Waals surface area contributed by atoms with Crippen LogP contribution in [0, 0.1) is 0 Å². The van der Waals surface area contributed by atoms with E-state index in [4.69, 9.17) is 25.8 Å². The Morgan fingerprint density at radius 2 is 1.69 bits per heavy atom. The second-order valence-corrected chi connectivity index (χ2v) is 10.8. The summed E-state index contributed by atoms with van der Waals surface area (Å²) in [6.45, 7) is 13.1. The lowest BCUT2D eigenvalue weighted by molar-refractivity contribution is 0.0240. The maximum absolute atomic E-state index is 12.4. The van der Waals surface area contributed by atoms with Crippen LogP contribution in [0.1, 0.15) is 47.1 Å². The molecule has 10 nitrogen and oxygen atoms in total. The lowest BCUT2D eigenvalue weighted by atomic mass is 10.2. The van der Waals surface area contributed by atoms with Gasteiger partial charge < -0.3 is 24.0 Å². The molecule has 1 aliphatic rings. The van der Waals surface area contributed by atoms with E-state index < -0.39 is 17.3 Å². The summed E-state index contributed by atoms with van der Waals surface area (Å²) in [5.74, 6) is 0.852. The van der Waals surface area contributed by atoms with E-state index in [1.807, 2.05) is 37.8 Å². The smallest absolute Gasteiger partial charge is 0.413 e. The van der Waals surface area contributed by atoms with Crippen molar-refractivity contribution in [3.05, 3.63) is 41.0 Å². The molecule has 36 heavy (non-hydrogen) atoms. The summed E-state index contributed by atoms with van der Waals surface area (Å²) in [7, 11) is 0. The molecule has 0 spiro atoms. The van der Waals surface area contributed by atoms with Gasteiger partial charge in [0.1, 0.15) is 17.8 Å². The van der Waals surface area contributed by atoms with Crippen LogP contribution in [-0.4, -0.2) is 64.4 Å². The van der Waals surface area contributed by atoms with Crippen LogP contribution in [0.4, 0.5) is 21.2 Å². The predicted molar refractivity (Wildman–Crippen MR) is 138 cm³/mol. The number of carbonyl (C=O) groups excluding carboxylic acids is 2. The van der Waals surface area contributed by atoms with Crippen molar-refractivity contribution in [2.75, 3.05) is 36.4 Å². The average molecular weight is 520 g/mol. The Kier molecular flexibility index (Phi) is 8.50. The van der Waals surface area contributed by atoms with E-state index in [0.29, 0.717) is 37.0 Å². The Labute approximate surface area is 216 Å². The Morgan fingerprint density at radius 3 is 2.31 bits per heavy atom. The topological polar surface area (TPSA) is 106 Å². The fraction of sp³-hybridized carbons (Fsp3) is 0.520. The normalized spacial score (nSPS) is 14.3. The maximum Gasteiger partial charge on any atom is 0.413 e. The first-order valence-corrected chi connectivity index (χ1v) is 12.1. The van der Waals surface area contributed by atoms with Crippen LogP contribution < -0.4 is 15.0 Å². The lowest BCUT2D eigenvalue weighted by Crippen LogP contribution is -2.50. The van der Waals surface area contributed by atoms with Crippen LogP contribution in [0.5, 0.6) is 5.88 Å². The predicted octanol–water partition coefficient (Wildman–Crippen LogP) is 5.11. The minimum Gasteiger partial charge on any atom is -0.470 e. The third kappa shape index (κ3) is 8.44. The van der Waals surface area contributed by atoms with E-state index >= 15 is 0 Å². The van der Waals surface area contributed by atoms with Crippen molar-refractivity contribution in [1.29, 1.82) is 0 Å². The number of ether oxygens (including phenoxy) is 3. The van der Waals surface area contributed by atoms with E-state index in [9.17, 15) is 9.59 Å². The van der Waals surface area contributed by atoms with Crippen molar-refractivity contribution in [2.24, 2.45) is 0 Å². The summed E-state index contributed by atoms with van der Waals surface area (Å²) < 4.78 is 16.7. The van der Waals surface area contributed by atoms with Gasteiger partial charge in [-0.25, -0.2) is 14.6 Å². The molecule has 0 radical (unpaired) electrons. The van der Waals surface area contributed by atoms with Gasteiger partial charge in [-0.1, -0.05) is 23.7 Å². The van der Waals surface area contributed by atoms with Crippen LogP contribution in [0.15, 0.2) is 30.5 Å². The molecule has 1 aromatic carbocycles. The Bertz CT molecular complexity index is 1080. The highest BCUT2D eigenvalue weighted by molar-refractivity contribution is 6.30. The lowest BCUT2D eigenvalue weighted by Gasteiger charge is -2.36. The minimum absolute atomic E-state index is 0.141. The molecule has 0 atom stereocenters. The minimum atomic E-state index is -0.674. The van der Waals surface area contributed by atoms with Crippen LogP contribution in [0.25, 0.3) is 0 Å². The van der Waals surface area contributed by atoms with E-state index in [0.717, 1.165) is 5.56 Å². The first kappa shape index (κ1) is 27.3. The number of carbonyl (C=O) groups is 2. The average Bonchev–Trinajstić information content (AvgIpc) is 2.76. The Hall–Kier alpha value is -3.27. The fourth-order valence-corrected chi connectivity index (χ4v) is 3.54. The molecule has 1 aromatic heterocycles. The molecule has 1 saturated heterocycles. The van der Waals surface area contributed by atoms with E-state index in [-0.39, 0.29) is 24.4 Å². The van der Waals surface area contributed by atoms with Gasteiger partial charge in [0.05, 0.1) is 6.20 Å². The Balaban J connectivity index is 1.74. The van der Waals surface area contributed by atoms with Crippen molar-refractivity contribution >= 4 is 35.4 Å². The Morgan fingerprint density at radius 1 is 1.03 bits per heavy atom. The molecule has 1 aliphatic heterocycles. The molecule has 2 amide bonds. The monoisotopic (exact) mass is 519 g/mol. The zero-order valence-corrected chi connectivity index (χ0v) is 22.4. The standard InChI is InChI=1S/C25H34ClN5O5/c1-24(2,3)35-22(32)29-20-21(34-16-17-8-7-9-18(26)14-17)28-19(15-27-20)30-10-12-31(13-11-30)23(33)36-25(4,5)6/h7-9,14-15H,10-13,16H2,1-6H3,(H,27,29,32). The van der Waals surface area contributed by atoms with E-state index in [1.54, 1.807) is 44.0 Å². The third-order valence-corrected chi connectivity index (χ3v) is 5.10. The van der Waals surface area contributed by atoms with Gasteiger partial charge in [0.25, 0.3) is 5.88 Å². The fourth-order valence-electron chi connectivity index (χ4n) is 3.33. The molecule has 0 aliphatic carbocycles. The second kappa shape index (κ2) is 11.2. The number of rotatable bonds is 5. The highest BCUT2D eigenvalue weighted by Crippen LogP contribution is 2.26. The molecule has 3 rings (SSSR count). The maximum atomic E-state index is 12.4. The van der Waals surface area contributed by atoms with Gasteiger partial charge in [0.2, 0.25) is 0 Å². The first-order chi connectivity index (χ1) is 16.8. The van der Waals surface area contributed by atoms with Crippen LogP contribution in [-0.2, 0) is 16.1 Å². The quantitative estimate of drug-likeness (QED) is 0.580. The van der Waals surface area contributed by atoms with Gasteiger partial charge >= 0.3 is 12.2 Å². The zero-order chi connectivity index (χ0) is 26.5. The van der Waals surface area contributed by atoms with Crippen molar-refractivity contribution in [3.63, 3.8) is 0 Å². The summed E-state index contributed by atoms with van der Waals surface area (Å²) in [6.07, 6.45) is 0.557. The van der Waals surface area contributed by atoms with Crippen molar-refractivity contribution in [2.45, 2.75) is 59.4 Å². The molecule has 0 bridgehead atoms. The van der Waals surface area contributed by atoms with Crippen molar-refractivity contribution in [3.8, 4) is 5.88 Å². The zero-order valence-electron chi connectivity index (χ0n) is 21.6. The summed E-state index contributed by atoms with van der Waals surface area (Å²) in [5.41, 5.74) is -0.386. The van der Waals surface area contributed by atoms with Crippen LogP contribution >= 0.6 is 11.6 Å². The molecule has 2 heterocycles. The number of hydrogen-bond acceptors (Lipinski definition) is 8. The summed E-state index contributed by atoms with van der Waals surface area (Å²) in [6, 6.07) is 7.26. The molecule has 196 valence electrons. The number of benzene rings is 1. The van der Waals surface area contributed by atoms with Crippen molar-refractivity contribution in [1.82, 2.24) is 14.9 Å². The number of anilines is 2. The van der Waals surface area contributed by atoms with Crippen LogP contribution in [0.3, 0.4) is 0 Å². The molecule has 0 saturated carbocycles.